The summed E-state index contributed by atoms with van der Waals surface area (Å²) in [5.41, 5.74) is 1.45. The predicted octanol–water partition coefficient (Wildman–Crippen LogP) is 3.91. The minimum Gasteiger partial charge on any atom is -0.144 e. The lowest BCUT2D eigenvalue weighted by molar-refractivity contribution is 0.724. The van der Waals surface area contributed by atoms with Gasteiger partial charge >= 0.3 is 0 Å². The molecule has 0 aliphatic rings. The average molecular weight is 189 g/mol. The van der Waals surface area contributed by atoms with E-state index >= 15 is 0 Å². The van der Waals surface area contributed by atoms with Crippen molar-refractivity contribution in [3.05, 3.63) is 42.1 Å². The lowest BCUT2D eigenvalue weighted by Crippen LogP contribution is -1.92. The van der Waals surface area contributed by atoms with Gasteiger partial charge in [0, 0.05) is 4.70 Å². The largest absolute Gasteiger partial charge is 0.144 e. The topological polar surface area (TPSA) is 0 Å². The summed E-state index contributed by atoms with van der Waals surface area (Å²) in [5, 5.41) is 3.66. The zero-order chi connectivity index (χ0) is 9.26. The van der Waals surface area contributed by atoms with Gasteiger partial charge in [-0.15, -0.1) is 11.3 Å². The van der Waals surface area contributed by atoms with Crippen LogP contribution in [0.4, 0.5) is 0 Å². The number of thiophene rings is 1. The van der Waals surface area contributed by atoms with Gasteiger partial charge in [-0.3, -0.25) is 0 Å². The number of hydrogen-bond acceptors (Lipinski definition) is 1. The fraction of sp³-hybridized carbons (Fsp3) is 0.250. The predicted molar refractivity (Wildman–Crippen MR) is 60.1 cm³/mol. The van der Waals surface area contributed by atoms with Crippen molar-refractivity contribution in [1.82, 2.24) is 0 Å². The van der Waals surface area contributed by atoms with Crippen LogP contribution in [0.2, 0.25) is 0 Å². The van der Waals surface area contributed by atoms with Crippen molar-refractivity contribution in [2.45, 2.75) is 13.3 Å². The molecule has 67 valence electrons. The molecule has 1 aromatic heterocycles. The van der Waals surface area contributed by atoms with E-state index in [1.807, 2.05) is 11.3 Å². The van der Waals surface area contributed by atoms with Crippen LogP contribution in [0.1, 0.15) is 12.5 Å². The van der Waals surface area contributed by atoms with Gasteiger partial charge in [-0.25, -0.2) is 0 Å². The monoisotopic (exact) mass is 189 g/mol. The van der Waals surface area contributed by atoms with Gasteiger partial charge in [0.1, 0.15) is 0 Å². The van der Waals surface area contributed by atoms with E-state index in [4.69, 9.17) is 0 Å². The third-order valence-corrected chi connectivity index (χ3v) is 3.14. The highest BCUT2D eigenvalue weighted by Gasteiger charge is 2.04. The summed E-state index contributed by atoms with van der Waals surface area (Å²) in [5.74, 6) is 0.498. The summed E-state index contributed by atoms with van der Waals surface area (Å²) >= 11 is 1.83. The summed E-state index contributed by atoms with van der Waals surface area (Å²) < 4.78 is 1.39. The second-order valence-corrected chi connectivity index (χ2v) is 4.48. The third kappa shape index (κ3) is 1.75. The van der Waals surface area contributed by atoms with Crippen LogP contribution < -0.4 is 0 Å². The van der Waals surface area contributed by atoms with Crippen LogP contribution in [0.3, 0.4) is 0 Å². The van der Waals surface area contributed by atoms with Gasteiger partial charge in [0.15, 0.2) is 0 Å². The highest BCUT2D eigenvalue weighted by Crippen LogP contribution is 2.27. The Kier molecular flexibility index (Phi) is 2.36. The highest BCUT2D eigenvalue weighted by molar-refractivity contribution is 7.17. The molecule has 0 nitrogen and oxygen atoms in total. The lowest BCUT2D eigenvalue weighted by Gasteiger charge is -2.01. The average Bonchev–Trinajstić information content (AvgIpc) is 2.48. The summed E-state index contributed by atoms with van der Waals surface area (Å²) in [4.78, 5) is 0. The van der Waals surface area contributed by atoms with Crippen molar-refractivity contribution >= 4 is 21.4 Å². The molecule has 2 aromatic rings. The minimum absolute atomic E-state index is 0.498. The quantitative estimate of drug-likeness (QED) is 0.672. The molecule has 1 radical (unpaired) electrons. The first-order valence-corrected chi connectivity index (χ1v) is 5.43. The van der Waals surface area contributed by atoms with Crippen molar-refractivity contribution in [2.24, 2.45) is 5.92 Å². The molecule has 1 heteroatoms. The van der Waals surface area contributed by atoms with E-state index in [0.29, 0.717) is 5.92 Å². The van der Waals surface area contributed by atoms with E-state index in [1.54, 1.807) is 0 Å². The highest BCUT2D eigenvalue weighted by atomic mass is 32.1. The normalized spacial score (nSPS) is 11.3. The second-order valence-electron chi connectivity index (χ2n) is 3.57. The standard InChI is InChI=1S/C12H13S/c1-9(2)7-10-8-13-12-6-4-3-5-11(10)12/h3-6,8-9H,1,7H2,2H3. The summed E-state index contributed by atoms with van der Waals surface area (Å²) in [6.45, 7) is 6.18. The number of fused-ring (bicyclic) bond motifs is 1. The number of hydrogen-bond donors (Lipinski definition) is 0. The minimum atomic E-state index is 0.498. The molecule has 0 saturated carbocycles. The third-order valence-electron chi connectivity index (χ3n) is 2.13. The van der Waals surface area contributed by atoms with Gasteiger partial charge in [-0.2, -0.15) is 0 Å². The number of rotatable bonds is 2. The SMILES string of the molecule is [CH2]C(C)Cc1csc2ccccc12. The molecular formula is C12H13S. The van der Waals surface area contributed by atoms with Crippen molar-refractivity contribution in [2.75, 3.05) is 0 Å². The molecule has 13 heavy (non-hydrogen) atoms. The maximum absolute atomic E-state index is 4.02. The molecule has 1 unspecified atom stereocenters. The van der Waals surface area contributed by atoms with Crippen LogP contribution in [-0.4, -0.2) is 0 Å². The maximum Gasteiger partial charge on any atom is 0.0345 e. The molecule has 0 aliphatic carbocycles. The van der Waals surface area contributed by atoms with Crippen LogP contribution in [0.15, 0.2) is 29.6 Å². The molecule has 0 amide bonds. The Labute approximate surface area is 83.2 Å². The van der Waals surface area contributed by atoms with E-state index in [2.05, 4.69) is 43.5 Å². The van der Waals surface area contributed by atoms with E-state index in [0.717, 1.165) is 6.42 Å². The molecule has 0 spiro atoms. The van der Waals surface area contributed by atoms with Gasteiger partial charge in [-0.1, -0.05) is 32.0 Å². The molecule has 1 aromatic carbocycles. The zero-order valence-corrected chi connectivity index (χ0v) is 8.60. The van der Waals surface area contributed by atoms with Crippen molar-refractivity contribution in [1.29, 1.82) is 0 Å². The Morgan fingerprint density at radius 1 is 1.38 bits per heavy atom. The fourth-order valence-corrected chi connectivity index (χ4v) is 2.54. The van der Waals surface area contributed by atoms with Crippen molar-refractivity contribution < 1.29 is 0 Å². The van der Waals surface area contributed by atoms with E-state index in [-0.39, 0.29) is 0 Å². The van der Waals surface area contributed by atoms with Gasteiger partial charge in [0.2, 0.25) is 0 Å². The van der Waals surface area contributed by atoms with Gasteiger partial charge in [-0.05, 0) is 34.7 Å². The molecule has 0 fully saturated rings. The molecule has 1 heterocycles. The lowest BCUT2D eigenvalue weighted by atomic mass is 10.0. The summed E-state index contributed by atoms with van der Waals surface area (Å²) in [7, 11) is 0. The number of benzene rings is 1. The van der Waals surface area contributed by atoms with Crippen LogP contribution in [0, 0.1) is 12.8 Å². The molecule has 1 atom stereocenters. The van der Waals surface area contributed by atoms with Crippen LogP contribution >= 0.6 is 11.3 Å². The van der Waals surface area contributed by atoms with Gasteiger partial charge in [0.25, 0.3) is 0 Å². The molecule has 2 rings (SSSR count). The second kappa shape index (κ2) is 3.51. The van der Waals surface area contributed by atoms with Gasteiger partial charge in [0.05, 0.1) is 0 Å². The van der Waals surface area contributed by atoms with E-state index < -0.39 is 0 Å². The first-order valence-electron chi connectivity index (χ1n) is 4.55. The Morgan fingerprint density at radius 3 is 2.92 bits per heavy atom. The smallest absolute Gasteiger partial charge is 0.0345 e. The van der Waals surface area contributed by atoms with E-state index in [9.17, 15) is 0 Å². The molecule has 0 bridgehead atoms. The molecule has 0 aliphatic heterocycles. The van der Waals surface area contributed by atoms with Crippen molar-refractivity contribution in [3.8, 4) is 0 Å². The van der Waals surface area contributed by atoms with Crippen LogP contribution in [-0.2, 0) is 6.42 Å². The Morgan fingerprint density at radius 2 is 2.15 bits per heavy atom. The Balaban J connectivity index is 2.46. The Hall–Kier alpha value is -0.820. The summed E-state index contributed by atoms with van der Waals surface area (Å²) in [6.07, 6.45) is 1.09. The first-order chi connectivity index (χ1) is 6.27. The van der Waals surface area contributed by atoms with Crippen LogP contribution in [0.5, 0.6) is 0 Å². The van der Waals surface area contributed by atoms with Crippen LogP contribution in [0.25, 0.3) is 10.1 Å². The van der Waals surface area contributed by atoms with Gasteiger partial charge < -0.3 is 0 Å². The van der Waals surface area contributed by atoms with Crippen molar-refractivity contribution in [3.63, 3.8) is 0 Å². The van der Waals surface area contributed by atoms with E-state index in [1.165, 1.54) is 15.6 Å². The zero-order valence-electron chi connectivity index (χ0n) is 7.79. The molecule has 0 saturated heterocycles. The Bertz CT molecular complexity index is 398. The maximum atomic E-state index is 4.02. The fourth-order valence-electron chi connectivity index (χ4n) is 1.57. The molecule has 0 N–H and O–H groups in total. The first kappa shape index (κ1) is 8.76. The molecular weight excluding hydrogens is 176 g/mol. The summed E-state index contributed by atoms with van der Waals surface area (Å²) in [6, 6.07) is 8.57.